The zero-order chi connectivity index (χ0) is 11.5. The molecule has 1 N–H and O–H groups in total. The third-order valence-electron chi connectivity index (χ3n) is 2.36. The lowest BCUT2D eigenvalue weighted by molar-refractivity contribution is 0.415. The van der Waals surface area contributed by atoms with Gasteiger partial charge in [-0.15, -0.1) is 0 Å². The maximum absolute atomic E-state index is 12.0. The van der Waals surface area contributed by atoms with Crippen LogP contribution in [0.1, 0.15) is 0 Å². The number of aromatic nitrogens is 2. The average Bonchev–Trinajstić information content (AvgIpc) is 2.32. The Morgan fingerprint density at radius 1 is 1.50 bits per heavy atom. The summed E-state index contributed by atoms with van der Waals surface area (Å²) in [5.41, 5.74) is 0.596. The molecule has 0 aliphatic carbocycles. The van der Waals surface area contributed by atoms with Crippen molar-refractivity contribution in [3.8, 4) is 5.75 Å². The minimum absolute atomic E-state index is 0.0537. The number of ether oxygens (including phenoxy) is 1. The van der Waals surface area contributed by atoms with Gasteiger partial charge in [0.05, 0.1) is 31.0 Å². The molecule has 1 aromatic heterocycles. The van der Waals surface area contributed by atoms with Gasteiger partial charge in [-0.1, -0.05) is 0 Å². The van der Waals surface area contributed by atoms with Gasteiger partial charge >= 0.3 is 0 Å². The van der Waals surface area contributed by atoms with E-state index >= 15 is 0 Å². The van der Waals surface area contributed by atoms with Crippen molar-refractivity contribution in [3.63, 3.8) is 0 Å². The number of nitrogens with zero attached hydrogens (tertiary/aromatic N) is 2. The first kappa shape index (κ1) is 10.6. The molecule has 1 aromatic carbocycles. The normalized spacial score (nSPS) is 10.6. The Morgan fingerprint density at radius 2 is 2.31 bits per heavy atom. The van der Waals surface area contributed by atoms with Gasteiger partial charge in [-0.2, -0.15) is 0 Å². The largest absolute Gasteiger partial charge is 0.497 e. The van der Waals surface area contributed by atoms with Gasteiger partial charge in [0.1, 0.15) is 5.75 Å². The Morgan fingerprint density at radius 3 is 3.00 bits per heavy atom. The van der Waals surface area contributed by atoms with Crippen molar-refractivity contribution in [3.05, 3.63) is 34.9 Å². The molecule has 0 amide bonds. The number of fused-ring (bicyclic) bond motifs is 1. The molecule has 0 spiro atoms. The fourth-order valence-corrected chi connectivity index (χ4v) is 1.55. The molecule has 2 aromatic rings. The van der Waals surface area contributed by atoms with E-state index in [0.29, 0.717) is 23.3 Å². The van der Waals surface area contributed by atoms with Crippen molar-refractivity contribution in [1.82, 2.24) is 14.9 Å². The van der Waals surface area contributed by atoms with Gasteiger partial charge in [0, 0.05) is 6.07 Å². The highest BCUT2D eigenvalue weighted by atomic mass is 16.5. The standard InChI is InChI=1S/C11H13N3O2/c1-12-6-14-7-13-10-5-8(16-2)3-4-9(10)11(14)15/h3-5,7,12H,6H2,1-2H3. The number of nitrogens with one attached hydrogen (secondary N) is 1. The monoisotopic (exact) mass is 219 g/mol. The summed E-state index contributed by atoms with van der Waals surface area (Å²) in [6, 6.07) is 5.24. The van der Waals surface area contributed by atoms with Crippen molar-refractivity contribution in [1.29, 1.82) is 0 Å². The molecule has 1 heterocycles. The van der Waals surface area contributed by atoms with Crippen molar-refractivity contribution in [2.45, 2.75) is 6.67 Å². The first-order valence-electron chi connectivity index (χ1n) is 4.94. The smallest absolute Gasteiger partial charge is 0.262 e. The molecular weight excluding hydrogens is 206 g/mol. The van der Waals surface area contributed by atoms with E-state index in [4.69, 9.17) is 4.74 Å². The predicted octanol–water partition coefficient (Wildman–Crippen LogP) is 0.582. The molecule has 0 saturated heterocycles. The lowest BCUT2D eigenvalue weighted by Gasteiger charge is -2.06. The van der Waals surface area contributed by atoms with Crippen molar-refractivity contribution in [2.24, 2.45) is 0 Å². The zero-order valence-corrected chi connectivity index (χ0v) is 9.23. The molecule has 0 fully saturated rings. The van der Waals surface area contributed by atoms with Gasteiger partial charge in [-0.3, -0.25) is 9.36 Å². The van der Waals surface area contributed by atoms with Gasteiger partial charge in [0.2, 0.25) is 0 Å². The Bertz CT molecular complexity index is 563. The van der Waals surface area contributed by atoms with Crippen LogP contribution in [0.5, 0.6) is 5.75 Å². The third kappa shape index (κ3) is 1.77. The summed E-state index contributed by atoms with van der Waals surface area (Å²) in [4.78, 5) is 16.2. The molecule has 16 heavy (non-hydrogen) atoms. The number of hydrogen-bond donors (Lipinski definition) is 1. The van der Waals surface area contributed by atoms with E-state index in [1.165, 1.54) is 10.9 Å². The van der Waals surface area contributed by atoms with Crippen LogP contribution >= 0.6 is 0 Å². The maximum atomic E-state index is 12.0. The molecule has 2 rings (SSSR count). The van der Waals surface area contributed by atoms with Crippen LogP contribution in [0.25, 0.3) is 10.9 Å². The van der Waals surface area contributed by atoms with Crippen LogP contribution < -0.4 is 15.6 Å². The second-order valence-electron chi connectivity index (χ2n) is 3.41. The zero-order valence-electron chi connectivity index (χ0n) is 9.23. The van der Waals surface area contributed by atoms with Crippen LogP contribution in [0.3, 0.4) is 0 Å². The Kier molecular flexibility index (Phi) is 2.87. The third-order valence-corrected chi connectivity index (χ3v) is 2.36. The van der Waals surface area contributed by atoms with Gasteiger partial charge in [0.15, 0.2) is 0 Å². The van der Waals surface area contributed by atoms with E-state index in [9.17, 15) is 4.79 Å². The van der Waals surface area contributed by atoms with Crippen LogP contribution in [0.2, 0.25) is 0 Å². The highest BCUT2D eigenvalue weighted by Gasteiger charge is 2.04. The SMILES string of the molecule is CNCn1cnc2cc(OC)ccc2c1=O. The summed E-state index contributed by atoms with van der Waals surface area (Å²) in [5.74, 6) is 0.700. The van der Waals surface area contributed by atoms with E-state index in [-0.39, 0.29) is 5.56 Å². The van der Waals surface area contributed by atoms with Crippen molar-refractivity contribution in [2.75, 3.05) is 14.2 Å². The first-order chi connectivity index (χ1) is 7.76. The Balaban J connectivity index is 2.62. The second-order valence-corrected chi connectivity index (χ2v) is 3.41. The molecule has 0 unspecified atom stereocenters. The van der Waals surface area contributed by atoms with Gasteiger partial charge in [0.25, 0.3) is 5.56 Å². The van der Waals surface area contributed by atoms with Crippen molar-refractivity contribution < 1.29 is 4.74 Å². The number of benzene rings is 1. The quantitative estimate of drug-likeness (QED) is 0.820. The molecule has 5 nitrogen and oxygen atoms in total. The van der Waals surface area contributed by atoms with Crippen LogP contribution in [-0.2, 0) is 6.67 Å². The molecule has 0 saturated carbocycles. The summed E-state index contributed by atoms with van der Waals surface area (Å²) in [6.07, 6.45) is 1.53. The predicted molar refractivity (Wildman–Crippen MR) is 61.6 cm³/mol. The van der Waals surface area contributed by atoms with E-state index < -0.39 is 0 Å². The topological polar surface area (TPSA) is 56.1 Å². The Hall–Kier alpha value is -1.88. The molecule has 0 bridgehead atoms. The summed E-state index contributed by atoms with van der Waals surface area (Å²) in [7, 11) is 3.37. The number of hydrogen-bond acceptors (Lipinski definition) is 4. The first-order valence-corrected chi connectivity index (χ1v) is 4.94. The van der Waals surface area contributed by atoms with Gasteiger partial charge in [-0.05, 0) is 19.2 Å². The molecule has 5 heteroatoms. The van der Waals surface area contributed by atoms with Crippen LogP contribution in [-0.4, -0.2) is 23.7 Å². The average molecular weight is 219 g/mol. The highest BCUT2D eigenvalue weighted by Crippen LogP contribution is 2.15. The van der Waals surface area contributed by atoms with E-state index in [2.05, 4.69) is 10.3 Å². The van der Waals surface area contributed by atoms with E-state index in [1.807, 2.05) is 0 Å². The lowest BCUT2D eigenvalue weighted by Crippen LogP contribution is -2.26. The van der Waals surface area contributed by atoms with Crippen LogP contribution in [0.15, 0.2) is 29.3 Å². The summed E-state index contributed by atoms with van der Waals surface area (Å²) >= 11 is 0. The van der Waals surface area contributed by atoms with E-state index in [1.54, 1.807) is 32.4 Å². The van der Waals surface area contributed by atoms with Gasteiger partial charge in [-0.25, -0.2) is 4.98 Å². The summed E-state index contributed by atoms with van der Waals surface area (Å²) in [6.45, 7) is 0.452. The maximum Gasteiger partial charge on any atom is 0.262 e. The summed E-state index contributed by atoms with van der Waals surface area (Å²) < 4.78 is 6.60. The molecule has 0 aliphatic heterocycles. The number of rotatable bonds is 3. The molecule has 0 atom stereocenters. The summed E-state index contributed by atoms with van der Waals surface area (Å²) in [5, 5.41) is 3.51. The van der Waals surface area contributed by atoms with Crippen LogP contribution in [0, 0.1) is 0 Å². The van der Waals surface area contributed by atoms with E-state index in [0.717, 1.165) is 0 Å². The second kappa shape index (κ2) is 4.32. The lowest BCUT2D eigenvalue weighted by atomic mass is 10.2. The fraction of sp³-hybridized carbons (Fsp3) is 0.273. The molecule has 0 radical (unpaired) electrons. The molecular formula is C11H13N3O2. The minimum Gasteiger partial charge on any atom is -0.497 e. The fourth-order valence-electron chi connectivity index (χ4n) is 1.55. The highest BCUT2D eigenvalue weighted by molar-refractivity contribution is 5.78. The number of methoxy groups -OCH3 is 1. The minimum atomic E-state index is -0.0537. The Labute approximate surface area is 92.7 Å². The van der Waals surface area contributed by atoms with Crippen molar-refractivity contribution >= 4 is 10.9 Å². The molecule has 0 aliphatic rings. The van der Waals surface area contributed by atoms with Crippen LogP contribution in [0.4, 0.5) is 0 Å². The molecule has 84 valence electrons. The van der Waals surface area contributed by atoms with Gasteiger partial charge < -0.3 is 10.1 Å².